The quantitative estimate of drug-likeness (QED) is 0.565. The van der Waals surface area contributed by atoms with Crippen molar-refractivity contribution in [2.45, 2.75) is 40.5 Å². The van der Waals surface area contributed by atoms with Crippen LogP contribution in [0.5, 0.6) is 5.75 Å². The molecule has 0 aromatic carbocycles. The molecule has 0 spiro atoms. The van der Waals surface area contributed by atoms with E-state index >= 15 is 0 Å². The van der Waals surface area contributed by atoms with Crippen LogP contribution in [0.1, 0.15) is 46.2 Å². The van der Waals surface area contributed by atoms with Crippen LogP contribution in [0.2, 0.25) is 5.02 Å². The maximum atomic E-state index is 12.1. The number of pyridine rings is 1. The fraction of sp³-hybridized carbons (Fsp3) is 0.429. The van der Waals surface area contributed by atoms with E-state index in [-0.39, 0.29) is 34.2 Å². The minimum Gasteiger partial charge on any atom is -0.450 e. The molecule has 10 heteroatoms. The van der Waals surface area contributed by atoms with E-state index in [1.54, 1.807) is 14.1 Å². The Morgan fingerprint density at radius 1 is 1.19 bits per heavy atom. The molecule has 0 unspecified atom stereocenters. The van der Waals surface area contributed by atoms with Crippen molar-refractivity contribution in [3.63, 3.8) is 0 Å². The van der Waals surface area contributed by atoms with Gasteiger partial charge < -0.3 is 21.5 Å². The number of hydrogen-bond acceptors (Lipinski definition) is 8. The van der Waals surface area contributed by atoms with E-state index in [4.69, 9.17) is 27.8 Å². The van der Waals surface area contributed by atoms with Crippen LogP contribution in [0.25, 0.3) is 5.76 Å². The van der Waals surface area contributed by atoms with Gasteiger partial charge in [-0.15, -0.1) is 0 Å². The van der Waals surface area contributed by atoms with Crippen LogP contribution in [-0.4, -0.2) is 35.0 Å². The van der Waals surface area contributed by atoms with Crippen LogP contribution in [0.3, 0.4) is 0 Å². The van der Waals surface area contributed by atoms with Crippen molar-refractivity contribution in [2.24, 2.45) is 11.7 Å². The van der Waals surface area contributed by atoms with Crippen LogP contribution in [0.4, 0.5) is 17.3 Å². The minimum absolute atomic E-state index is 0.0437. The van der Waals surface area contributed by atoms with Crippen molar-refractivity contribution in [1.82, 2.24) is 15.0 Å². The Morgan fingerprint density at radius 3 is 2.32 bits per heavy atom. The number of nitrogens with two attached hydrogens (primary N) is 2. The van der Waals surface area contributed by atoms with Gasteiger partial charge in [0.1, 0.15) is 16.5 Å². The number of rotatable bonds is 6. The highest BCUT2D eigenvalue weighted by atomic mass is 35.5. The third-order valence-electron chi connectivity index (χ3n) is 4.13. The molecule has 2 aromatic heterocycles. The predicted molar refractivity (Wildman–Crippen MR) is 127 cm³/mol. The summed E-state index contributed by atoms with van der Waals surface area (Å²) in [6.07, 6.45) is 7.45. The molecule has 0 radical (unpaired) electrons. The molecular formula is C21H32ClN7O2. The lowest BCUT2D eigenvalue weighted by Gasteiger charge is -2.16. The lowest BCUT2D eigenvalue weighted by Crippen LogP contribution is -2.28. The lowest BCUT2D eigenvalue weighted by atomic mass is 10.3. The van der Waals surface area contributed by atoms with E-state index in [9.17, 15) is 4.79 Å². The fourth-order valence-corrected chi connectivity index (χ4v) is 2.70. The summed E-state index contributed by atoms with van der Waals surface area (Å²) in [6, 6.07) is 0. The van der Waals surface area contributed by atoms with E-state index in [1.807, 2.05) is 27.7 Å². The van der Waals surface area contributed by atoms with E-state index in [1.165, 1.54) is 29.7 Å². The second-order valence-corrected chi connectivity index (χ2v) is 6.39. The highest BCUT2D eigenvalue weighted by Gasteiger charge is 2.33. The predicted octanol–water partition coefficient (Wildman–Crippen LogP) is 3.91. The first-order valence-electron chi connectivity index (χ1n) is 10.3. The molecule has 1 amide bonds. The molecule has 1 fully saturated rings. The van der Waals surface area contributed by atoms with Gasteiger partial charge in [-0.1, -0.05) is 39.3 Å². The maximum absolute atomic E-state index is 12.1. The van der Waals surface area contributed by atoms with E-state index in [0.717, 1.165) is 12.8 Å². The number of ether oxygens (including phenoxy) is 1. The van der Waals surface area contributed by atoms with E-state index in [2.05, 4.69) is 20.3 Å². The summed E-state index contributed by atoms with van der Waals surface area (Å²) in [5.41, 5.74) is 12.3. The second kappa shape index (κ2) is 12.6. The molecule has 2 heterocycles. The third-order valence-corrected chi connectivity index (χ3v) is 4.50. The smallest absolute Gasteiger partial charge is 0.231 e. The largest absolute Gasteiger partial charge is 0.450 e. The van der Waals surface area contributed by atoms with Crippen LogP contribution < -0.4 is 26.4 Å². The van der Waals surface area contributed by atoms with Crippen molar-refractivity contribution in [3.8, 4) is 5.75 Å². The van der Waals surface area contributed by atoms with Gasteiger partial charge in [0.05, 0.1) is 24.3 Å². The second-order valence-electron chi connectivity index (χ2n) is 6.01. The van der Waals surface area contributed by atoms with Crippen molar-refractivity contribution >= 4 is 40.6 Å². The fourth-order valence-electron chi connectivity index (χ4n) is 2.42. The highest BCUT2D eigenvalue weighted by Crippen LogP contribution is 2.36. The van der Waals surface area contributed by atoms with Crippen molar-refractivity contribution in [3.05, 3.63) is 35.5 Å². The topological polar surface area (TPSA) is 132 Å². The molecule has 0 aliphatic heterocycles. The first kappa shape index (κ1) is 26.0. The molecule has 3 rings (SSSR count). The highest BCUT2D eigenvalue weighted by molar-refractivity contribution is 6.35. The number of aromatic nitrogens is 3. The molecule has 0 saturated heterocycles. The Balaban J connectivity index is 0.00000113. The average Bonchev–Trinajstić information content (AvgIpc) is 3.66. The molecule has 31 heavy (non-hydrogen) atoms. The lowest BCUT2D eigenvalue weighted by molar-refractivity contribution is -0.119. The molecule has 9 nitrogen and oxygen atoms in total. The van der Waals surface area contributed by atoms with Gasteiger partial charge in [-0.2, -0.15) is 0 Å². The Morgan fingerprint density at radius 2 is 1.84 bits per heavy atom. The maximum Gasteiger partial charge on any atom is 0.231 e. The zero-order chi connectivity index (χ0) is 23.6. The summed E-state index contributed by atoms with van der Waals surface area (Å²) in [5.74, 6) is 1.35. The van der Waals surface area contributed by atoms with Crippen molar-refractivity contribution in [2.75, 3.05) is 30.0 Å². The molecule has 170 valence electrons. The molecule has 1 saturated carbocycles. The number of nitrogens with one attached hydrogen (secondary N) is 1. The van der Waals surface area contributed by atoms with Gasteiger partial charge in [0.2, 0.25) is 5.91 Å². The summed E-state index contributed by atoms with van der Waals surface area (Å²) >= 11 is 6.28. The van der Waals surface area contributed by atoms with Crippen LogP contribution in [-0.2, 0) is 4.79 Å². The first-order chi connectivity index (χ1) is 15.0. The van der Waals surface area contributed by atoms with Crippen molar-refractivity contribution < 1.29 is 9.53 Å². The van der Waals surface area contributed by atoms with Crippen LogP contribution in [0, 0.1) is 5.92 Å². The summed E-state index contributed by atoms with van der Waals surface area (Å²) < 4.78 is 5.74. The van der Waals surface area contributed by atoms with Crippen molar-refractivity contribution in [1.29, 1.82) is 0 Å². The Bertz CT molecular complexity index is 884. The Kier molecular flexibility index (Phi) is 10.5. The monoisotopic (exact) mass is 449 g/mol. The average molecular weight is 450 g/mol. The van der Waals surface area contributed by atoms with Gasteiger partial charge >= 0.3 is 0 Å². The van der Waals surface area contributed by atoms with Crippen LogP contribution in [0.15, 0.2) is 24.8 Å². The number of carbonyl (C=O) groups is 1. The molecular weight excluding hydrogens is 418 g/mol. The number of anilines is 3. The molecule has 5 N–H and O–H groups in total. The number of nitrogens with zero attached hydrogens (tertiary/aromatic N) is 4. The normalized spacial score (nSPS) is 12.5. The van der Waals surface area contributed by atoms with Gasteiger partial charge in [0, 0.05) is 26.2 Å². The van der Waals surface area contributed by atoms with Gasteiger partial charge in [-0.3, -0.25) is 9.69 Å². The van der Waals surface area contributed by atoms with Gasteiger partial charge in [0.25, 0.3) is 0 Å². The van der Waals surface area contributed by atoms with Gasteiger partial charge in [0.15, 0.2) is 17.3 Å². The third kappa shape index (κ3) is 6.45. The van der Waals surface area contributed by atoms with E-state index < -0.39 is 0 Å². The van der Waals surface area contributed by atoms with Crippen LogP contribution >= 0.6 is 11.6 Å². The summed E-state index contributed by atoms with van der Waals surface area (Å²) in [7, 11) is 3.35. The first-order valence-corrected chi connectivity index (χ1v) is 10.7. The number of carbonyl (C=O) groups excluding carboxylic acids is 1. The summed E-state index contributed by atoms with van der Waals surface area (Å²) in [4.78, 5) is 26.2. The number of nitrogen functional groups attached to an aromatic ring is 1. The number of amides is 1. The zero-order valence-corrected chi connectivity index (χ0v) is 19.7. The minimum atomic E-state index is 0.0437. The SMILES string of the molecule is CC.CC.CNc1c(N)ncc(O/C(=C/N)c2cnc(N(C)C(=O)C3CC3)cn2)c1Cl. The standard InChI is InChI=1S/C17H20ClN7O2.2C2H6/c1-21-15-14(18)12(7-24-16(15)20)27-11(5-19)10-6-23-13(8-22-10)25(2)17(26)9-3-4-9;2*1-2/h5-9,21H,3-4,19H2,1-2H3,(H2,20,24);2*1-2H3/b11-5+;;. The molecule has 2 aromatic rings. The Labute approximate surface area is 188 Å². The summed E-state index contributed by atoms with van der Waals surface area (Å²) in [5, 5.41) is 3.13. The summed E-state index contributed by atoms with van der Waals surface area (Å²) in [6.45, 7) is 8.00. The van der Waals surface area contributed by atoms with Gasteiger partial charge in [-0.05, 0) is 12.8 Å². The molecule has 1 aliphatic rings. The molecule has 0 bridgehead atoms. The zero-order valence-electron chi connectivity index (χ0n) is 18.9. The van der Waals surface area contributed by atoms with E-state index in [0.29, 0.717) is 17.2 Å². The molecule has 0 atom stereocenters. The number of hydrogen-bond donors (Lipinski definition) is 3. The Hall–Kier alpha value is -3.07. The molecule has 1 aliphatic carbocycles. The number of halogens is 1. The van der Waals surface area contributed by atoms with Gasteiger partial charge in [-0.25, -0.2) is 15.0 Å².